The summed E-state index contributed by atoms with van der Waals surface area (Å²) < 4.78 is 15.4. The number of amides is 1. The molecule has 134 valence electrons. The van der Waals surface area contributed by atoms with E-state index in [1.807, 2.05) is 0 Å². The van der Waals surface area contributed by atoms with E-state index in [1.165, 1.54) is 14.2 Å². The summed E-state index contributed by atoms with van der Waals surface area (Å²) in [4.78, 5) is 16.6. The van der Waals surface area contributed by atoms with E-state index in [1.54, 1.807) is 37.6 Å². The van der Waals surface area contributed by atoms with E-state index >= 15 is 0 Å². The summed E-state index contributed by atoms with van der Waals surface area (Å²) in [7, 11) is 4.61. The lowest BCUT2D eigenvalue weighted by atomic mass is 10.2. The molecule has 0 aliphatic heterocycles. The average Bonchev–Trinajstić information content (AvgIpc) is 2.63. The molecule has 8 heteroatoms. The maximum atomic E-state index is 12.5. The third-order valence-corrected chi connectivity index (χ3v) is 3.65. The van der Waals surface area contributed by atoms with Crippen LogP contribution in [0.4, 0.5) is 11.4 Å². The first-order valence-electron chi connectivity index (χ1n) is 7.50. The molecule has 7 nitrogen and oxygen atoms in total. The minimum absolute atomic E-state index is 0.262. The van der Waals surface area contributed by atoms with E-state index in [-0.39, 0.29) is 11.6 Å². The first kappa shape index (κ1) is 18.8. The van der Waals surface area contributed by atoms with Crippen LogP contribution in [-0.2, 0) is 4.74 Å². The number of anilines is 2. The Kier molecular flexibility index (Phi) is 6.85. The van der Waals surface area contributed by atoms with Crippen molar-refractivity contribution in [1.82, 2.24) is 4.98 Å². The fourth-order valence-corrected chi connectivity index (χ4v) is 2.34. The molecular weight excluding hydrogens is 346 g/mol. The van der Waals surface area contributed by atoms with E-state index in [2.05, 4.69) is 15.6 Å². The van der Waals surface area contributed by atoms with Crippen molar-refractivity contribution in [2.24, 2.45) is 0 Å². The van der Waals surface area contributed by atoms with Crippen molar-refractivity contribution >= 4 is 28.9 Å². The van der Waals surface area contributed by atoms with Gasteiger partial charge in [0.25, 0.3) is 5.91 Å². The number of carbonyl (C=O) groups excluding carboxylic acids is 1. The fraction of sp³-hybridized carbons (Fsp3) is 0.294. The van der Waals surface area contributed by atoms with Crippen LogP contribution in [-0.4, -0.2) is 45.4 Å². The molecule has 0 spiro atoms. The Hall–Kier alpha value is -2.51. The highest BCUT2D eigenvalue weighted by atomic mass is 35.5. The highest BCUT2D eigenvalue weighted by Crippen LogP contribution is 2.36. The van der Waals surface area contributed by atoms with Crippen molar-refractivity contribution in [2.75, 3.05) is 45.1 Å². The maximum Gasteiger partial charge on any atom is 0.274 e. The fourth-order valence-electron chi connectivity index (χ4n) is 2.11. The predicted octanol–water partition coefficient (Wildman–Crippen LogP) is 3.06. The number of nitrogens with zero attached hydrogens (tertiary/aromatic N) is 1. The number of methoxy groups -OCH3 is 3. The number of nitrogens with one attached hydrogen (secondary N) is 2. The highest BCUT2D eigenvalue weighted by Gasteiger charge is 2.15. The molecule has 2 aromatic rings. The summed E-state index contributed by atoms with van der Waals surface area (Å²) in [5.41, 5.74) is 1.48. The number of ether oxygens (including phenoxy) is 3. The van der Waals surface area contributed by atoms with E-state index in [4.69, 9.17) is 25.8 Å². The molecule has 0 aliphatic rings. The molecule has 1 aromatic heterocycles. The van der Waals surface area contributed by atoms with Crippen LogP contribution in [0.5, 0.6) is 11.5 Å². The number of halogens is 1. The second-order valence-corrected chi connectivity index (χ2v) is 5.40. The van der Waals surface area contributed by atoms with Gasteiger partial charge in [-0.15, -0.1) is 0 Å². The summed E-state index contributed by atoms with van der Waals surface area (Å²) in [6.07, 6.45) is 1.56. The average molecular weight is 366 g/mol. The monoisotopic (exact) mass is 365 g/mol. The summed E-state index contributed by atoms with van der Waals surface area (Å²) in [5.74, 6) is 0.479. The minimum Gasteiger partial charge on any atom is -0.495 e. The first-order chi connectivity index (χ1) is 12.1. The Morgan fingerprint density at radius 3 is 2.60 bits per heavy atom. The normalized spacial score (nSPS) is 10.2. The Balaban J connectivity index is 2.18. The molecule has 25 heavy (non-hydrogen) atoms. The second-order valence-electron chi connectivity index (χ2n) is 4.99. The molecule has 0 saturated heterocycles. The van der Waals surface area contributed by atoms with Crippen LogP contribution >= 0.6 is 11.6 Å². The number of rotatable bonds is 8. The van der Waals surface area contributed by atoms with E-state index < -0.39 is 0 Å². The lowest BCUT2D eigenvalue weighted by Crippen LogP contribution is -2.15. The van der Waals surface area contributed by atoms with Crippen LogP contribution in [0.2, 0.25) is 5.02 Å². The number of pyridine rings is 1. The topological polar surface area (TPSA) is 81.7 Å². The van der Waals surface area contributed by atoms with Gasteiger partial charge in [0, 0.05) is 37.7 Å². The number of hydrogen-bond donors (Lipinski definition) is 2. The Morgan fingerprint density at radius 1 is 1.16 bits per heavy atom. The van der Waals surface area contributed by atoms with Crippen molar-refractivity contribution in [3.8, 4) is 11.5 Å². The molecular formula is C17H20ClN3O4. The molecule has 2 N–H and O–H groups in total. The summed E-state index contributed by atoms with van der Waals surface area (Å²) in [6.45, 7) is 1.19. The molecule has 2 rings (SSSR count). The zero-order valence-electron chi connectivity index (χ0n) is 14.3. The van der Waals surface area contributed by atoms with Gasteiger partial charge in [0.05, 0.1) is 31.5 Å². The van der Waals surface area contributed by atoms with Crippen molar-refractivity contribution in [3.05, 3.63) is 41.2 Å². The summed E-state index contributed by atoms with van der Waals surface area (Å²) in [5, 5.41) is 6.29. The van der Waals surface area contributed by atoms with Gasteiger partial charge < -0.3 is 24.8 Å². The van der Waals surface area contributed by atoms with E-state index in [9.17, 15) is 4.79 Å². The van der Waals surface area contributed by atoms with Crippen LogP contribution in [0.15, 0.2) is 30.5 Å². The second kappa shape index (κ2) is 9.10. The standard InChI is InChI=1S/C17H20ClN3O4/c1-23-7-6-19-11-4-5-20-14(8-11)17(22)21-13-10-15(24-2)12(18)9-16(13)25-3/h4-5,8-10H,6-7H2,1-3H3,(H,19,20)(H,21,22). The van der Waals surface area contributed by atoms with E-state index in [0.717, 1.165) is 5.69 Å². The lowest BCUT2D eigenvalue weighted by molar-refractivity contribution is 0.102. The molecule has 0 radical (unpaired) electrons. The maximum absolute atomic E-state index is 12.5. The predicted molar refractivity (Wildman–Crippen MR) is 97.1 cm³/mol. The van der Waals surface area contributed by atoms with Gasteiger partial charge in [-0.3, -0.25) is 9.78 Å². The van der Waals surface area contributed by atoms with Gasteiger partial charge in [-0.05, 0) is 12.1 Å². The highest BCUT2D eigenvalue weighted by molar-refractivity contribution is 6.32. The van der Waals surface area contributed by atoms with Gasteiger partial charge in [0.1, 0.15) is 17.2 Å². The van der Waals surface area contributed by atoms with Crippen molar-refractivity contribution in [3.63, 3.8) is 0 Å². The van der Waals surface area contributed by atoms with Crippen LogP contribution in [0.1, 0.15) is 10.5 Å². The Morgan fingerprint density at radius 2 is 1.92 bits per heavy atom. The van der Waals surface area contributed by atoms with Crippen LogP contribution in [0.25, 0.3) is 0 Å². The molecule has 0 bridgehead atoms. The van der Waals surface area contributed by atoms with Crippen LogP contribution < -0.4 is 20.1 Å². The molecule has 0 unspecified atom stereocenters. The Labute approximate surface area is 151 Å². The zero-order valence-corrected chi connectivity index (χ0v) is 15.0. The molecule has 0 saturated carbocycles. The van der Waals surface area contributed by atoms with Crippen LogP contribution in [0, 0.1) is 0 Å². The molecule has 0 aliphatic carbocycles. The summed E-state index contributed by atoms with van der Waals surface area (Å²) >= 11 is 6.07. The third kappa shape index (κ3) is 4.98. The van der Waals surface area contributed by atoms with E-state index in [0.29, 0.717) is 35.4 Å². The molecule has 0 atom stereocenters. The van der Waals surface area contributed by atoms with Gasteiger partial charge >= 0.3 is 0 Å². The zero-order chi connectivity index (χ0) is 18.2. The molecule has 1 amide bonds. The smallest absolute Gasteiger partial charge is 0.274 e. The Bertz CT molecular complexity index is 740. The van der Waals surface area contributed by atoms with Crippen molar-refractivity contribution < 1.29 is 19.0 Å². The van der Waals surface area contributed by atoms with Crippen LogP contribution in [0.3, 0.4) is 0 Å². The number of carbonyl (C=O) groups is 1. The number of benzene rings is 1. The van der Waals surface area contributed by atoms with Gasteiger partial charge in [-0.1, -0.05) is 11.6 Å². The van der Waals surface area contributed by atoms with Gasteiger partial charge in [-0.25, -0.2) is 0 Å². The molecule has 1 heterocycles. The van der Waals surface area contributed by atoms with Crippen molar-refractivity contribution in [2.45, 2.75) is 0 Å². The lowest BCUT2D eigenvalue weighted by Gasteiger charge is -2.13. The van der Waals surface area contributed by atoms with Gasteiger partial charge in [-0.2, -0.15) is 0 Å². The largest absolute Gasteiger partial charge is 0.495 e. The summed E-state index contributed by atoms with van der Waals surface area (Å²) in [6, 6.07) is 6.61. The first-order valence-corrected chi connectivity index (χ1v) is 7.88. The third-order valence-electron chi connectivity index (χ3n) is 3.35. The number of hydrogen-bond acceptors (Lipinski definition) is 6. The SMILES string of the molecule is COCCNc1ccnc(C(=O)Nc2cc(OC)c(Cl)cc2OC)c1. The number of aromatic nitrogens is 1. The molecule has 0 fully saturated rings. The quantitative estimate of drug-likeness (QED) is 0.700. The van der Waals surface area contributed by atoms with Crippen molar-refractivity contribution in [1.29, 1.82) is 0 Å². The van der Waals surface area contributed by atoms with Gasteiger partial charge in [0.15, 0.2) is 0 Å². The molecule has 1 aromatic carbocycles. The van der Waals surface area contributed by atoms with Gasteiger partial charge in [0.2, 0.25) is 0 Å². The minimum atomic E-state index is -0.377.